The van der Waals surface area contributed by atoms with Crippen molar-refractivity contribution in [1.82, 2.24) is 0 Å². The topological polar surface area (TPSA) is 44.8 Å². The van der Waals surface area contributed by atoms with Gasteiger partial charge in [0.15, 0.2) is 0 Å². The number of carbonyl (C=O) groups excluding carboxylic acids is 1. The number of cyclic esters (lactones) is 1. The summed E-state index contributed by atoms with van der Waals surface area (Å²) in [7, 11) is -1.81. The number of hydrogen-bond acceptors (Lipinski definition) is 4. The number of carbonyl (C=O) groups is 1. The minimum absolute atomic E-state index is 0.0854. The Morgan fingerprint density at radius 3 is 2.25 bits per heavy atom. The zero-order valence-electron chi connectivity index (χ0n) is 16.7. The third-order valence-corrected chi connectivity index (χ3v) is 10.1. The van der Waals surface area contributed by atoms with E-state index in [1.165, 1.54) is 12.8 Å². The molecule has 2 unspecified atom stereocenters. The Labute approximate surface area is 149 Å². The summed E-state index contributed by atoms with van der Waals surface area (Å²) in [5.41, 5.74) is -0.871. The van der Waals surface area contributed by atoms with E-state index in [-0.39, 0.29) is 5.97 Å². The summed E-state index contributed by atoms with van der Waals surface area (Å²) in [6.45, 7) is 13.5. The fraction of sp³-hybridized carbons (Fsp3) is 0.947. The highest BCUT2D eigenvalue weighted by Gasteiger charge is 2.47. The third kappa shape index (κ3) is 5.56. The van der Waals surface area contributed by atoms with E-state index in [9.17, 15) is 4.79 Å². The van der Waals surface area contributed by atoms with Crippen LogP contribution in [-0.2, 0) is 19.0 Å². The molecule has 1 saturated heterocycles. The summed E-state index contributed by atoms with van der Waals surface area (Å²) >= 11 is 0. The second-order valence-electron chi connectivity index (χ2n) is 7.94. The molecule has 0 spiro atoms. The molecular weight excluding hydrogens is 320 g/mol. The SMILES string of the molecule is CCCCCC(C)(CC1(C)CCOC1=O)OO[Si](CC)(CC)CC. The highest BCUT2D eigenvalue weighted by molar-refractivity contribution is 6.73. The molecule has 2 atom stereocenters. The monoisotopic (exact) mass is 358 g/mol. The van der Waals surface area contributed by atoms with Crippen LogP contribution in [0, 0.1) is 5.41 Å². The zero-order valence-corrected chi connectivity index (χ0v) is 17.7. The molecule has 0 amide bonds. The van der Waals surface area contributed by atoms with Crippen LogP contribution in [0.4, 0.5) is 0 Å². The average molecular weight is 359 g/mol. The average Bonchev–Trinajstić information content (AvgIpc) is 2.88. The fourth-order valence-electron chi connectivity index (χ4n) is 3.66. The van der Waals surface area contributed by atoms with Gasteiger partial charge in [0, 0.05) is 0 Å². The van der Waals surface area contributed by atoms with Gasteiger partial charge in [-0.25, -0.2) is 4.89 Å². The molecule has 0 aromatic carbocycles. The largest absolute Gasteiger partial charge is 0.465 e. The van der Waals surface area contributed by atoms with Crippen molar-refractivity contribution in [3.63, 3.8) is 0 Å². The van der Waals surface area contributed by atoms with Gasteiger partial charge in [0.25, 0.3) is 0 Å². The Bertz CT molecular complexity index is 389. The lowest BCUT2D eigenvalue weighted by Crippen LogP contribution is -2.43. The van der Waals surface area contributed by atoms with Crippen LogP contribution in [-0.4, -0.2) is 26.5 Å². The Morgan fingerprint density at radius 2 is 1.79 bits per heavy atom. The van der Waals surface area contributed by atoms with Crippen LogP contribution >= 0.6 is 0 Å². The van der Waals surface area contributed by atoms with Gasteiger partial charge >= 0.3 is 5.97 Å². The van der Waals surface area contributed by atoms with Gasteiger partial charge in [0.2, 0.25) is 8.32 Å². The minimum Gasteiger partial charge on any atom is -0.465 e. The van der Waals surface area contributed by atoms with Crippen LogP contribution in [0.2, 0.25) is 18.1 Å². The summed E-state index contributed by atoms with van der Waals surface area (Å²) < 4.78 is 11.4. The van der Waals surface area contributed by atoms with E-state index in [0.717, 1.165) is 37.4 Å². The molecule has 5 heteroatoms. The molecule has 1 aliphatic heterocycles. The lowest BCUT2D eigenvalue weighted by Gasteiger charge is -2.38. The molecule has 0 aliphatic carbocycles. The fourth-order valence-corrected chi connectivity index (χ4v) is 5.89. The molecule has 0 aromatic heterocycles. The van der Waals surface area contributed by atoms with Gasteiger partial charge in [-0.15, -0.1) is 0 Å². The molecule has 142 valence electrons. The lowest BCUT2D eigenvalue weighted by atomic mass is 9.76. The summed E-state index contributed by atoms with van der Waals surface area (Å²) in [4.78, 5) is 18.3. The Hall–Kier alpha value is -0.393. The van der Waals surface area contributed by atoms with Gasteiger partial charge < -0.3 is 4.74 Å². The van der Waals surface area contributed by atoms with Crippen molar-refractivity contribution in [1.29, 1.82) is 0 Å². The van der Waals surface area contributed by atoms with E-state index in [0.29, 0.717) is 13.0 Å². The Kier molecular flexibility index (Phi) is 8.43. The van der Waals surface area contributed by atoms with Crippen molar-refractivity contribution in [3.8, 4) is 0 Å². The molecule has 24 heavy (non-hydrogen) atoms. The highest BCUT2D eigenvalue weighted by Crippen LogP contribution is 2.41. The van der Waals surface area contributed by atoms with Gasteiger partial charge in [-0.3, -0.25) is 9.37 Å². The lowest BCUT2D eigenvalue weighted by molar-refractivity contribution is -0.306. The van der Waals surface area contributed by atoms with Crippen LogP contribution < -0.4 is 0 Å². The second-order valence-corrected chi connectivity index (χ2v) is 12.6. The molecule has 0 bridgehead atoms. The summed E-state index contributed by atoms with van der Waals surface area (Å²) in [5, 5.41) is 0. The number of esters is 1. The predicted molar refractivity (Wildman–Crippen MR) is 100 cm³/mol. The van der Waals surface area contributed by atoms with E-state index in [4.69, 9.17) is 14.2 Å². The minimum atomic E-state index is -1.81. The first-order chi connectivity index (χ1) is 11.3. The molecule has 0 N–H and O–H groups in total. The van der Waals surface area contributed by atoms with Gasteiger partial charge in [-0.05, 0) is 51.2 Å². The van der Waals surface area contributed by atoms with Gasteiger partial charge in [-0.1, -0.05) is 47.0 Å². The molecule has 4 nitrogen and oxygen atoms in total. The number of rotatable bonds is 12. The smallest absolute Gasteiger partial charge is 0.312 e. The van der Waals surface area contributed by atoms with Gasteiger partial charge in [-0.2, -0.15) is 0 Å². The van der Waals surface area contributed by atoms with E-state index in [1.807, 2.05) is 6.92 Å². The summed E-state index contributed by atoms with van der Waals surface area (Å²) in [6.07, 6.45) is 5.82. The van der Waals surface area contributed by atoms with Crippen molar-refractivity contribution in [3.05, 3.63) is 0 Å². The highest BCUT2D eigenvalue weighted by atomic mass is 28.4. The van der Waals surface area contributed by atoms with Gasteiger partial charge in [0.05, 0.1) is 12.0 Å². The van der Waals surface area contributed by atoms with E-state index < -0.39 is 19.3 Å². The van der Waals surface area contributed by atoms with Crippen molar-refractivity contribution in [2.45, 2.75) is 104 Å². The molecule has 0 aromatic rings. The van der Waals surface area contributed by atoms with E-state index in [1.54, 1.807) is 0 Å². The van der Waals surface area contributed by atoms with Crippen LogP contribution in [0.3, 0.4) is 0 Å². The van der Waals surface area contributed by atoms with Crippen LogP contribution in [0.25, 0.3) is 0 Å². The standard InChI is InChI=1S/C19H38O4Si/c1-7-11-12-13-19(6,16-18(5)14-15-21-17(18)20)22-23-24(8-2,9-3)10-4/h7-16H2,1-6H3. The van der Waals surface area contributed by atoms with Gasteiger partial charge in [0.1, 0.15) is 5.60 Å². The van der Waals surface area contributed by atoms with E-state index >= 15 is 0 Å². The quantitative estimate of drug-likeness (QED) is 0.149. The van der Waals surface area contributed by atoms with Crippen molar-refractivity contribution in [2.24, 2.45) is 5.41 Å². The predicted octanol–water partition coefficient (Wildman–Crippen LogP) is 5.62. The third-order valence-electron chi connectivity index (χ3n) is 5.81. The van der Waals surface area contributed by atoms with Crippen molar-refractivity contribution >= 4 is 14.3 Å². The normalized spacial score (nSPS) is 24.0. The Morgan fingerprint density at radius 1 is 1.17 bits per heavy atom. The number of ether oxygens (including phenoxy) is 1. The van der Waals surface area contributed by atoms with Crippen LogP contribution in [0.5, 0.6) is 0 Å². The number of unbranched alkanes of at least 4 members (excludes halogenated alkanes) is 2. The zero-order chi connectivity index (χ0) is 18.3. The molecule has 1 aliphatic rings. The molecular formula is C19H38O4Si. The Balaban J connectivity index is 2.83. The summed E-state index contributed by atoms with van der Waals surface area (Å²) in [6, 6.07) is 3.18. The first-order valence-electron chi connectivity index (χ1n) is 9.83. The molecule has 1 heterocycles. The maximum atomic E-state index is 12.2. The van der Waals surface area contributed by atoms with E-state index in [2.05, 4.69) is 34.6 Å². The molecule has 0 saturated carbocycles. The molecule has 1 rings (SSSR count). The van der Waals surface area contributed by atoms with Crippen LogP contribution in [0.1, 0.15) is 80.1 Å². The number of hydrogen-bond donors (Lipinski definition) is 0. The maximum Gasteiger partial charge on any atom is 0.312 e. The molecule has 1 fully saturated rings. The first kappa shape index (κ1) is 21.6. The second kappa shape index (κ2) is 9.34. The van der Waals surface area contributed by atoms with Crippen LogP contribution in [0.15, 0.2) is 0 Å². The summed E-state index contributed by atoms with van der Waals surface area (Å²) in [5.74, 6) is -0.0854. The first-order valence-corrected chi connectivity index (χ1v) is 12.4. The van der Waals surface area contributed by atoms with Crippen molar-refractivity contribution in [2.75, 3.05) is 6.61 Å². The molecule has 0 radical (unpaired) electrons. The van der Waals surface area contributed by atoms with Crippen molar-refractivity contribution < 1.29 is 19.0 Å². The maximum absolute atomic E-state index is 12.2.